The zero-order valence-electron chi connectivity index (χ0n) is 8.08. The van der Waals surface area contributed by atoms with Crippen LogP contribution >= 0.6 is 0 Å². The first kappa shape index (κ1) is 9.00. The molecule has 2 atom stereocenters. The Morgan fingerprint density at radius 1 is 1.38 bits per heavy atom. The van der Waals surface area contributed by atoms with Gasteiger partial charge in [-0.15, -0.1) is 0 Å². The maximum Gasteiger partial charge on any atom is 0.223 e. The summed E-state index contributed by atoms with van der Waals surface area (Å²) in [5.74, 6) is 1.08. The van der Waals surface area contributed by atoms with Crippen LogP contribution in [-0.2, 0) is 9.53 Å². The largest absolute Gasteiger partial charge is 0.377 e. The van der Waals surface area contributed by atoms with Crippen molar-refractivity contribution in [2.75, 3.05) is 13.2 Å². The Morgan fingerprint density at radius 3 is 2.62 bits per heavy atom. The maximum absolute atomic E-state index is 11.7. The predicted octanol–water partition coefficient (Wildman–Crippen LogP) is 0.938. The van der Waals surface area contributed by atoms with E-state index in [2.05, 4.69) is 12.2 Å². The minimum atomic E-state index is 0.248. The van der Waals surface area contributed by atoms with Gasteiger partial charge in [-0.2, -0.15) is 0 Å². The van der Waals surface area contributed by atoms with Crippen molar-refractivity contribution < 1.29 is 9.53 Å². The summed E-state index contributed by atoms with van der Waals surface area (Å²) in [4.78, 5) is 11.7. The Bertz CT molecular complexity index is 201. The van der Waals surface area contributed by atoms with E-state index in [0.717, 1.165) is 6.42 Å². The maximum atomic E-state index is 11.7. The molecule has 2 fully saturated rings. The molecule has 1 amide bonds. The highest BCUT2D eigenvalue weighted by atomic mass is 16.5. The van der Waals surface area contributed by atoms with Crippen LogP contribution in [0.2, 0.25) is 0 Å². The van der Waals surface area contributed by atoms with Gasteiger partial charge < -0.3 is 10.1 Å². The molecule has 2 unspecified atom stereocenters. The average Bonchev–Trinajstić information content (AvgIpc) is 2.43. The Hall–Kier alpha value is -0.570. The van der Waals surface area contributed by atoms with Gasteiger partial charge in [0.25, 0.3) is 0 Å². The monoisotopic (exact) mass is 183 g/mol. The summed E-state index contributed by atoms with van der Waals surface area (Å²) < 4.78 is 5.01. The highest BCUT2D eigenvalue weighted by Crippen LogP contribution is 2.31. The number of rotatable bonds is 2. The van der Waals surface area contributed by atoms with Crippen molar-refractivity contribution >= 4 is 5.91 Å². The van der Waals surface area contributed by atoms with E-state index in [-0.39, 0.29) is 11.8 Å². The van der Waals surface area contributed by atoms with Crippen molar-refractivity contribution in [1.29, 1.82) is 0 Å². The fraction of sp³-hybridized carbons (Fsp3) is 0.900. The molecule has 1 saturated carbocycles. The van der Waals surface area contributed by atoms with Crippen molar-refractivity contribution in [2.45, 2.75) is 32.2 Å². The van der Waals surface area contributed by atoms with Gasteiger partial charge in [-0.1, -0.05) is 13.3 Å². The van der Waals surface area contributed by atoms with Gasteiger partial charge >= 0.3 is 0 Å². The van der Waals surface area contributed by atoms with Crippen LogP contribution in [0.3, 0.4) is 0 Å². The molecule has 2 aliphatic rings. The average molecular weight is 183 g/mol. The molecule has 1 aliphatic carbocycles. The number of hydrogen-bond donors (Lipinski definition) is 1. The quantitative estimate of drug-likeness (QED) is 0.692. The van der Waals surface area contributed by atoms with E-state index in [9.17, 15) is 4.79 Å². The van der Waals surface area contributed by atoms with Gasteiger partial charge in [-0.25, -0.2) is 0 Å². The number of carbonyl (C=O) groups is 1. The number of nitrogens with one attached hydrogen (secondary N) is 1. The lowest BCUT2D eigenvalue weighted by molar-refractivity contribution is -0.130. The van der Waals surface area contributed by atoms with Gasteiger partial charge in [0.05, 0.1) is 19.3 Å². The first-order valence-corrected chi connectivity index (χ1v) is 5.15. The molecule has 0 aromatic carbocycles. The van der Waals surface area contributed by atoms with Crippen molar-refractivity contribution in [1.82, 2.24) is 5.32 Å². The van der Waals surface area contributed by atoms with E-state index in [1.54, 1.807) is 0 Å². The zero-order valence-corrected chi connectivity index (χ0v) is 8.08. The number of ether oxygens (including phenoxy) is 1. The Balaban J connectivity index is 1.81. The Kier molecular flexibility index (Phi) is 2.54. The van der Waals surface area contributed by atoms with E-state index in [1.807, 2.05) is 0 Å². The fourth-order valence-corrected chi connectivity index (χ4v) is 2.16. The molecule has 1 aliphatic heterocycles. The van der Waals surface area contributed by atoms with Gasteiger partial charge in [0.2, 0.25) is 5.91 Å². The van der Waals surface area contributed by atoms with E-state index in [0.29, 0.717) is 25.2 Å². The first-order valence-electron chi connectivity index (χ1n) is 5.15. The molecule has 1 heterocycles. The van der Waals surface area contributed by atoms with Crippen molar-refractivity contribution in [3.05, 3.63) is 0 Å². The second-order valence-electron chi connectivity index (χ2n) is 4.26. The zero-order chi connectivity index (χ0) is 9.26. The summed E-state index contributed by atoms with van der Waals surface area (Å²) in [7, 11) is 0. The number of hydrogen-bond acceptors (Lipinski definition) is 2. The van der Waals surface area contributed by atoms with Crippen LogP contribution in [0, 0.1) is 11.8 Å². The lowest BCUT2D eigenvalue weighted by Gasteiger charge is -2.28. The topological polar surface area (TPSA) is 38.3 Å². The SMILES string of the molecule is CC1CCCC1C(=O)NC1COC1. The minimum Gasteiger partial charge on any atom is -0.377 e. The molecule has 0 radical (unpaired) electrons. The van der Waals surface area contributed by atoms with Crippen LogP contribution in [0.4, 0.5) is 0 Å². The number of carbonyl (C=O) groups excluding carboxylic acids is 1. The first-order chi connectivity index (χ1) is 6.27. The smallest absolute Gasteiger partial charge is 0.223 e. The van der Waals surface area contributed by atoms with Gasteiger partial charge in [0, 0.05) is 5.92 Å². The lowest BCUT2D eigenvalue weighted by Crippen LogP contribution is -2.50. The molecule has 1 saturated heterocycles. The molecule has 74 valence electrons. The third-order valence-electron chi connectivity index (χ3n) is 3.18. The van der Waals surface area contributed by atoms with E-state index in [4.69, 9.17) is 4.74 Å². The molecule has 0 aromatic heterocycles. The van der Waals surface area contributed by atoms with E-state index >= 15 is 0 Å². The van der Waals surface area contributed by atoms with Crippen molar-refractivity contribution in [2.24, 2.45) is 11.8 Å². The Morgan fingerprint density at radius 2 is 2.15 bits per heavy atom. The summed E-state index contributed by atoms with van der Waals surface area (Å²) in [5.41, 5.74) is 0. The van der Waals surface area contributed by atoms with Crippen LogP contribution in [0.15, 0.2) is 0 Å². The van der Waals surface area contributed by atoms with Crippen molar-refractivity contribution in [3.63, 3.8) is 0 Å². The molecular weight excluding hydrogens is 166 g/mol. The highest BCUT2D eigenvalue weighted by Gasteiger charge is 2.31. The second-order valence-corrected chi connectivity index (χ2v) is 4.26. The third kappa shape index (κ3) is 1.85. The molecule has 0 aromatic rings. The second kappa shape index (κ2) is 3.66. The third-order valence-corrected chi connectivity index (χ3v) is 3.18. The van der Waals surface area contributed by atoms with Crippen LogP contribution in [0.25, 0.3) is 0 Å². The van der Waals surface area contributed by atoms with Gasteiger partial charge in [-0.05, 0) is 18.8 Å². The van der Waals surface area contributed by atoms with Gasteiger partial charge in [0.15, 0.2) is 0 Å². The molecule has 2 rings (SSSR count). The summed E-state index contributed by atoms with van der Waals surface area (Å²) in [6, 6.07) is 0.292. The predicted molar refractivity (Wildman–Crippen MR) is 49.3 cm³/mol. The molecule has 1 N–H and O–H groups in total. The summed E-state index contributed by atoms with van der Waals surface area (Å²) in [6.45, 7) is 3.58. The minimum absolute atomic E-state index is 0.248. The molecular formula is C10H17NO2. The fourth-order valence-electron chi connectivity index (χ4n) is 2.16. The van der Waals surface area contributed by atoms with Gasteiger partial charge in [0.1, 0.15) is 0 Å². The molecule has 13 heavy (non-hydrogen) atoms. The summed E-state index contributed by atoms with van der Waals surface area (Å²) in [6.07, 6.45) is 3.49. The van der Waals surface area contributed by atoms with Crippen molar-refractivity contribution in [3.8, 4) is 0 Å². The van der Waals surface area contributed by atoms with Gasteiger partial charge in [-0.3, -0.25) is 4.79 Å². The van der Waals surface area contributed by atoms with Crippen LogP contribution in [0.1, 0.15) is 26.2 Å². The molecule has 3 heteroatoms. The Labute approximate surface area is 78.8 Å². The molecule has 0 bridgehead atoms. The van der Waals surface area contributed by atoms with Crippen LogP contribution in [0.5, 0.6) is 0 Å². The van der Waals surface area contributed by atoms with Crippen LogP contribution < -0.4 is 5.32 Å². The normalized spacial score (nSPS) is 34.2. The summed E-state index contributed by atoms with van der Waals surface area (Å²) >= 11 is 0. The lowest BCUT2D eigenvalue weighted by atomic mass is 9.97. The standard InChI is InChI=1S/C10H17NO2/c1-7-3-2-4-9(7)10(12)11-8-5-13-6-8/h7-9H,2-6H2,1H3,(H,11,12). The molecule has 3 nitrogen and oxygen atoms in total. The van der Waals surface area contributed by atoms with E-state index < -0.39 is 0 Å². The van der Waals surface area contributed by atoms with Crippen LogP contribution in [-0.4, -0.2) is 25.2 Å². The summed E-state index contributed by atoms with van der Waals surface area (Å²) in [5, 5.41) is 3.02. The highest BCUT2D eigenvalue weighted by molar-refractivity contribution is 5.79. The van der Waals surface area contributed by atoms with E-state index in [1.165, 1.54) is 12.8 Å². The number of amides is 1. The molecule has 0 spiro atoms.